The van der Waals surface area contributed by atoms with Crippen LogP contribution in [0.1, 0.15) is 50.1 Å². The van der Waals surface area contributed by atoms with Gasteiger partial charge in [-0.3, -0.25) is 9.59 Å². The Balaban J connectivity index is 0.00000280. The standard InChI is InChI=1S/C21H31N3O3.ClH/c1-27-19-10-6-5-9-17(19)18-15-22-13-14-24(18)20(25)11-12-23-21(26)16-7-3-2-4-8-16;/h5-6,9-10,16,18,22H,2-4,7-8,11-15H2,1H3,(H,23,26);1H. The number of hydrogen-bond donors (Lipinski definition) is 2. The van der Waals surface area contributed by atoms with Crippen molar-refractivity contribution in [2.24, 2.45) is 5.92 Å². The van der Waals surface area contributed by atoms with E-state index < -0.39 is 0 Å². The fourth-order valence-corrected chi connectivity index (χ4v) is 4.17. The van der Waals surface area contributed by atoms with Crippen LogP contribution in [-0.2, 0) is 9.59 Å². The van der Waals surface area contributed by atoms with Crippen molar-refractivity contribution in [3.63, 3.8) is 0 Å². The number of piperazine rings is 1. The molecule has 3 rings (SSSR count). The number of ether oxygens (including phenoxy) is 1. The van der Waals surface area contributed by atoms with Crippen LogP contribution in [0.2, 0.25) is 0 Å². The monoisotopic (exact) mass is 409 g/mol. The van der Waals surface area contributed by atoms with E-state index in [0.717, 1.165) is 43.5 Å². The van der Waals surface area contributed by atoms with Gasteiger partial charge in [-0.15, -0.1) is 12.4 Å². The number of carbonyl (C=O) groups excluding carboxylic acids is 2. The second kappa shape index (κ2) is 11.3. The van der Waals surface area contributed by atoms with Gasteiger partial charge in [-0.1, -0.05) is 37.5 Å². The molecule has 1 heterocycles. The van der Waals surface area contributed by atoms with Gasteiger partial charge in [0, 0.05) is 44.1 Å². The summed E-state index contributed by atoms with van der Waals surface area (Å²) in [5.41, 5.74) is 1.02. The van der Waals surface area contributed by atoms with E-state index in [1.165, 1.54) is 6.42 Å². The summed E-state index contributed by atoms with van der Waals surface area (Å²) in [6.07, 6.45) is 5.80. The Morgan fingerprint density at radius 3 is 2.71 bits per heavy atom. The van der Waals surface area contributed by atoms with E-state index in [4.69, 9.17) is 4.74 Å². The number of hydrogen-bond acceptors (Lipinski definition) is 4. The number of amides is 2. The Hall–Kier alpha value is -1.79. The summed E-state index contributed by atoms with van der Waals surface area (Å²) in [4.78, 5) is 27.0. The van der Waals surface area contributed by atoms with E-state index in [1.54, 1.807) is 7.11 Å². The van der Waals surface area contributed by atoms with Gasteiger partial charge in [0.25, 0.3) is 0 Å². The van der Waals surface area contributed by atoms with Gasteiger partial charge in [0.2, 0.25) is 11.8 Å². The lowest BCUT2D eigenvalue weighted by Gasteiger charge is -2.37. The summed E-state index contributed by atoms with van der Waals surface area (Å²) in [6.45, 7) is 2.57. The molecule has 2 N–H and O–H groups in total. The van der Waals surface area contributed by atoms with Crippen molar-refractivity contribution < 1.29 is 14.3 Å². The molecule has 6 nitrogen and oxygen atoms in total. The molecule has 0 bridgehead atoms. The topological polar surface area (TPSA) is 70.7 Å². The van der Waals surface area contributed by atoms with Gasteiger partial charge < -0.3 is 20.3 Å². The zero-order valence-electron chi connectivity index (χ0n) is 16.6. The Morgan fingerprint density at radius 1 is 1.21 bits per heavy atom. The highest BCUT2D eigenvalue weighted by Crippen LogP contribution is 2.30. The molecule has 7 heteroatoms. The van der Waals surface area contributed by atoms with Gasteiger partial charge in [0.15, 0.2) is 0 Å². The lowest BCUT2D eigenvalue weighted by molar-refractivity contribution is -0.134. The van der Waals surface area contributed by atoms with Crippen molar-refractivity contribution in [1.82, 2.24) is 15.5 Å². The van der Waals surface area contributed by atoms with Crippen molar-refractivity contribution in [3.8, 4) is 5.75 Å². The molecule has 2 amide bonds. The predicted octanol–water partition coefficient (Wildman–Crippen LogP) is 2.68. The van der Waals surface area contributed by atoms with Crippen LogP contribution in [0.25, 0.3) is 0 Å². The zero-order valence-corrected chi connectivity index (χ0v) is 17.4. The van der Waals surface area contributed by atoms with Crippen LogP contribution in [0.3, 0.4) is 0 Å². The van der Waals surface area contributed by atoms with Crippen molar-refractivity contribution in [1.29, 1.82) is 0 Å². The predicted molar refractivity (Wildman–Crippen MR) is 112 cm³/mol. The quantitative estimate of drug-likeness (QED) is 0.757. The summed E-state index contributed by atoms with van der Waals surface area (Å²) in [7, 11) is 1.65. The molecule has 0 radical (unpaired) electrons. The molecule has 1 aliphatic heterocycles. The first kappa shape index (κ1) is 22.5. The van der Waals surface area contributed by atoms with E-state index >= 15 is 0 Å². The van der Waals surface area contributed by atoms with Crippen molar-refractivity contribution in [2.45, 2.75) is 44.6 Å². The molecular weight excluding hydrogens is 378 g/mol. The van der Waals surface area contributed by atoms with Gasteiger partial charge in [-0.25, -0.2) is 0 Å². The van der Waals surface area contributed by atoms with E-state index in [2.05, 4.69) is 10.6 Å². The third-order valence-corrected chi connectivity index (χ3v) is 5.68. The molecule has 1 saturated heterocycles. The minimum atomic E-state index is -0.0450. The lowest BCUT2D eigenvalue weighted by Crippen LogP contribution is -2.49. The summed E-state index contributed by atoms with van der Waals surface area (Å²) >= 11 is 0. The summed E-state index contributed by atoms with van der Waals surface area (Å²) < 4.78 is 5.48. The SMILES string of the molecule is COc1ccccc1C1CNCCN1C(=O)CCNC(=O)C1CCCCC1.Cl. The maximum Gasteiger partial charge on any atom is 0.224 e. The third kappa shape index (κ3) is 5.61. The van der Waals surface area contributed by atoms with Crippen LogP contribution in [0.4, 0.5) is 0 Å². The van der Waals surface area contributed by atoms with E-state index in [9.17, 15) is 9.59 Å². The first-order chi connectivity index (χ1) is 13.2. The van der Waals surface area contributed by atoms with Crippen molar-refractivity contribution in [3.05, 3.63) is 29.8 Å². The minimum Gasteiger partial charge on any atom is -0.496 e. The van der Waals surface area contributed by atoms with Crippen molar-refractivity contribution in [2.75, 3.05) is 33.3 Å². The number of carbonyl (C=O) groups is 2. The van der Waals surface area contributed by atoms with Crippen LogP contribution in [0.5, 0.6) is 5.75 Å². The average Bonchev–Trinajstić information content (AvgIpc) is 2.74. The molecule has 1 aromatic carbocycles. The normalized spacial score (nSPS) is 20.2. The fraction of sp³-hybridized carbons (Fsp3) is 0.619. The summed E-state index contributed by atoms with van der Waals surface area (Å²) in [5, 5.41) is 6.34. The molecule has 0 spiro atoms. The minimum absolute atomic E-state index is 0. The molecule has 1 saturated carbocycles. The Labute approximate surface area is 173 Å². The maximum absolute atomic E-state index is 12.8. The second-order valence-electron chi connectivity index (χ2n) is 7.42. The van der Waals surface area contributed by atoms with E-state index in [0.29, 0.717) is 26.1 Å². The zero-order chi connectivity index (χ0) is 19.1. The van der Waals surface area contributed by atoms with E-state index in [-0.39, 0.29) is 36.2 Å². The number of methoxy groups -OCH3 is 1. The van der Waals surface area contributed by atoms with Crippen LogP contribution >= 0.6 is 12.4 Å². The number of benzene rings is 1. The largest absolute Gasteiger partial charge is 0.496 e. The summed E-state index contributed by atoms with van der Waals surface area (Å²) in [5.74, 6) is 1.13. The number of halogens is 1. The van der Waals surface area contributed by atoms with Gasteiger partial charge in [0.05, 0.1) is 13.2 Å². The lowest BCUT2D eigenvalue weighted by atomic mass is 9.89. The molecular formula is C21H32ClN3O3. The number of nitrogens with zero attached hydrogens (tertiary/aromatic N) is 1. The van der Waals surface area contributed by atoms with Gasteiger partial charge >= 0.3 is 0 Å². The van der Waals surface area contributed by atoms with Gasteiger partial charge in [-0.05, 0) is 18.9 Å². The van der Waals surface area contributed by atoms with Crippen molar-refractivity contribution >= 4 is 24.2 Å². The molecule has 1 aromatic rings. The van der Waals surface area contributed by atoms with Crippen LogP contribution in [-0.4, -0.2) is 50.0 Å². The first-order valence-corrected chi connectivity index (χ1v) is 10.1. The number of nitrogens with one attached hydrogen (secondary N) is 2. The van der Waals surface area contributed by atoms with Gasteiger partial charge in [0.1, 0.15) is 5.75 Å². The van der Waals surface area contributed by atoms with Crippen LogP contribution in [0.15, 0.2) is 24.3 Å². The molecule has 28 heavy (non-hydrogen) atoms. The Morgan fingerprint density at radius 2 is 1.96 bits per heavy atom. The highest BCUT2D eigenvalue weighted by atomic mass is 35.5. The fourth-order valence-electron chi connectivity index (χ4n) is 4.17. The smallest absolute Gasteiger partial charge is 0.224 e. The maximum atomic E-state index is 12.8. The first-order valence-electron chi connectivity index (χ1n) is 10.1. The molecule has 2 aliphatic rings. The molecule has 0 aromatic heterocycles. The number of rotatable bonds is 6. The molecule has 1 aliphatic carbocycles. The average molecular weight is 410 g/mol. The molecule has 2 fully saturated rings. The molecule has 156 valence electrons. The second-order valence-corrected chi connectivity index (χ2v) is 7.42. The Kier molecular flexibility index (Phi) is 9.06. The third-order valence-electron chi connectivity index (χ3n) is 5.68. The van der Waals surface area contributed by atoms with Crippen LogP contribution in [0, 0.1) is 5.92 Å². The molecule has 1 atom stereocenters. The molecule has 1 unspecified atom stereocenters. The van der Waals surface area contributed by atoms with E-state index in [1.807, 2.05) is 29.2 Å². The summed E-state index contributed by atoms with van der Waals surface area (Å²) in [6, 6.07) is 7.81. The Bertz CT molecular complexity index is 650. The van der Waals surface area contributed by atoms with Crippen LogP contribution < -0.4 is 15.4 Å². The highest BCUT2D eigenvalue weighted by Gasteiger charge is 2.29. The van der Waals surface area contributed by atoms with Gasteiger partial charge in [-0.2, -0.15) is 0 Å². The number of para-hydroxylation sites is 1. The highest BCUT2D eigenvalue weighted by molar-refractivity contribution is 5.85.